The third kappa shape index (κ3) is 2.60. The van der Waals surface area contributed by atoms with E-state index in [4.69, 9.17) is 4.74 Å². The number of para-hydroxylation sites is 2. The van der Waals surface area contributed by atoms with Crippen LogP contribution in [0.3, 0.4) is 0 Å². The van der Waals surface area contributed by atoms with Crippen molar-refractivity contribution in [1.29, 1.82) is 0 Å². The molecule has 0 saturated heterocycles. The Morgan fingerprint density at radius 2 is 2.19 bits per heavy atom. The maximum atomic E-state index is 5.21. The van der Waals surface area contributed by atoms with Gasteiger partial charge in [-0.2, -0.15) is 0 Å². The molecule has 0 aromatic heterocycles. The maximum absolute atomic E-state index is 5.21. The van der Waals surface area contributed by atoms with Crippen molar-refractivity contribution in [3.63, 3.8) is 0 Å². The summed E-state index contributed by atoms with van der Waals surface area (Å²) in [5.74, 6) is 0. The molecule has 1 aromatic carbocycles. The zero-order valence-corrected chi connectivity index (χ0v) is 10.6. The van der Waals surface area contributed by atoms with Gasteiger partial charge >= 0.3 is 0 Å². The first-order chi connectivity index (χ1) is 7.33. The van der Waals surface area contributed by atoms with Gasteiger partial charge in [0.1, 0.15) is 0 Å². The predicted molar refractivity (Wildman–Crippen MR) is 70.9 cm³/mol. The van der Waals surface area contributed by atoms with Crippen LogP contribution in [-0.4, -0.2) is 32.8 Å². The molecule has 1 unspecified atom stereocenters. The second-order valence-corrected chi connectivity index (χ2v) is 3.94. The van der Waals surface area contributed by atoms with Crippen molar-refractivity contribution in [2.75, 3.05) is 37.0 Å². The molecular weight excluding hydrogens is 224 g/mol. The number of halogens is 1. The van der Waals surface area contributed by atoms with Crippen LogP contribution in [0.25, 0.3) is 0 Å². The second kappa shape index (κ2) is 5.97. The normalized spacial score (nSPS) is 15.8. The first-order valence-electron chi connectivity index (χ1n) is 5.41. The van der Waals surface area contributed by atoms with E-state index < -0.39 is 0 Å². The van der Waals surface area contributed by atoms with Crippen molar-refractivity contribution < 1.29 is 4.74 Å². The van der Waals surface area contributed by atoms with Crippen LogP contribution in [0.15, 0.2) is 24.3 Å². The van der Waals surface area contributed by atoms with Crippen LogP contribution in [0.4, 0.5) is 11.4 Å². The van der Waals surface area contributed by atoms with Gasteiger partial charge in [0, 0.05) is 26.2 Å². The SMILES string of the molecule is COCC(C)N1CCNc2ccccc21.Cl. The van der Waals surface area contributed by atoms with Crippen molar-refractivity contribution >= 4 is 23.8 Å². The summed E-state index contributed by atoms with van der Waals surface area (Å²) in [5, 5.41) is 3.41. The molecule has 16 heavy (non-hydrogen) atoms. The van der Waals surface area contributed by atoms with Gasteiger partial charge in [-0.15, -0.1) is 12.4 Å². The molecule has 1 aliphatic heterocycles. The molecule has 1 aliphatic rings. The highest BCUT2D eigenvalue weighted by Crippen LogP contribution is 2.29. The zero-order valence-electron chi connectivity index (χ0n) is 9.77. The van der Waals surface area contributed by atoms with Crippen LogP contribution in [-0.2, 0) is 4.74 Å². The average molecular weight is 243 g/mol. The van der Waals surface area contributed by atoms with E-state index in [1.807, 2.05) is 0 Å². The molecule has 1 atom stereocenters. The summed E-state index contributed by atoms with van der Waals surface area (Å²) in [6.45, 7) is 5.02. The summed E-state index contributed by atoms with van der Waals surface area (Å²) in [4.78, 5) is 2.40. The molecule has 1 aromatic rings. The number of benzene rings is 1. The van der Waals surface area contributed by atoms with Crippen molar-refractivity contribution in [3.05, 3.63) is 24.3 Å². The molecule has 2 rings (SSSR count). The smallest absolute Gasteiger partial charge is 0.0663 e. The molecule has 4 heteroatoms. The van der Waals surface area contributed by atoms with Crippen molar-refractivity contribution in [2.45, 2.75) is 13.0 Å². The number of hydrogen-bond acceptors (Lipinski definition) is 3. The van der Waals surface area contributed by atoms with E-state index in [0.717, 1.165) is 19.7 Å². The number of fused-ring (bicyclic) bond motifs is 1. The summed E-state index contributed by atoms with van der Waals surface area (Å²) < 4.78 is 5.21. The molecule has 1 N–H and O–H groups in total. The summed E-state index contributed by atoms with van der Waals surface area (Å²) in [5.41, 5.74) is 2.51. The minimum atomic E-state index is 0. The fraction of sp³-hybridized carbons (Fsp3) is 0.500. The van der Waals surface area contributed by atoms with E-state index >= 15 is 0 Å². The van der Waals surface area contributed by atoms with Crippen LogP contribution in [0, 0.1) is 0 Å². The Morgan fingerprint density at radius 1 is 1.44 bits per heavy atom. The standard InChI is InChI=1S/C12H18N2O.ClH/c1-10(9-15-2)14-8-7-13-11-5-3-4-6-12(11)14;/h3-6,10,13H,7-9H2,1-2H3;1H. The Balaban J connectivity index is 0.00000128. The van der Waals surface area contributed by atoms with E-state index in [1.165, 1.54) is 11.4 Å². The van der Waals surface area contributed by atoms with Crippen LogP contribution in [0.2, 0.25) is 0 Å². The first kappa shape index (κ1) is 13.1. The van der Waals surface area contributed by atoms with Gasteiger partial charge in [-0.25, -0.2) is 0 Å². The topological polar surface area (TPSA) is 24.5 Å². The molecule has 3 nitrogen and oxygen atoms in total. The minimum Gasteiger partial charge on any atom is -0.383 e. The second-order valence-electron chi connectivity index (χ2n) is 3.94. The first-order valence-corrected chi connectivity index (χ1v) is 5.41. The molecule has 90 valence electrons. The van der Waals surface area contributed by atoms with E-state index in [1.54, 1.807) is 7.11 Å². The molecule has 0 saturated carbocycles. The third-order valence-electron chi connectivity index (χ3n) is 2.82. The summed E-state index contributed by atoms with van der Waals surface area (Å²) >= 11 is 0. The van der Waals surface area contributed by atoms with Crippen LogP contribution in [0.1, 0.15) is 6.92 Å². The Kier molecular flexibility index (Phi) is 4.90. The lowest BCUT2D eigenvalue weighted by Crippen LogP contribution is -2.42. The number of hydrogen-bond donors (Lipinski definition) is 1. The molecule has 0 bridgehead atoms. The molecule has 0 radical (unpaired) electrons. The van der Waals surface area contributed by atoms with Gasteiger partial charge in [-0.05, 0) is 19.1 Å². The molecule has 0 amide bonds. The number of anilines is 2. The lowest BCUT2D eigenvalue weighted by atomic mass is 10.1. The minimum absolute atomic E-state index is 0. The van der Waals surface area contributed by atoms with Gasteiger partial charge in [-0.3, -0.25) is 0 Å². The van der Waals surface area contributed by atoms with Crippen molar-refractivity contribution in [1.82, 2.24) is 0 Å². The van der Waals surface area contributed by atoms with Gasteiger partial charge in [-0.1, -0.05) is 12.1 Å². The fourth-order valence-electron chi connectivity index (χ4n) is 2.09. The summed E-state index contributed by atoms with van der Waals surface area (Å²) in [6.07, 6.45) is 0. The Morgan fingerprint density at radius 3 is 2.94 bits per heavy atom. The Hall–Kier alpha value is -0.930. The van der Waals surface area contributed by atoms with Crippen LogP contribution >= 0.6 is 12.4 Å². The van der Waals surface area contributed by atoms with Gasteiger partial charge < -0.3 is 15.0 Å². The van der Waals surface area contributed by atoms with Gasteiger partial charge in [0.25, 0.3) is 0 Å². The highest BCUT2D eigenvalue weighted by atomic mass is 35.5. The highest BCUT2D eigenvalue weighted by molar-refractivity contribution is 5.85. The largest absolute Gasteiger partial charge is 0.383 e. The maximum Gasteiger partial charge on any atom is 0.0663 e. The number of nitrogens with zero attached hydrogens (tertiary/aromatic N) is 1. The van der Waals surface area contributed by atoms with Crippen molar-refractivity contribution in [3.8, 4) is 0 Å². The van der Waals surface area contributed by atoms with E-state index in [-0.39, 0.29) is 12.4 Å². The third-order valence-corrected chi connectivity index (χ3v) is 2.82. The predicted octanol–water partition coefficient (Wildman–Crippen LogP) is 2.38. The van der Waals surface area contributed by atoms with Gasteiger partial charge in [0.05, 0.1) is 18.0 Å². The van der Waals surface area contributed by atoms with Crippen LogP contribution in [0.5, 0.6) is 0 Å². The lowest BCUT2D eigenvalue weighted by molar-refractivity contribution is 0.181. The number of nitrogens with one attached hydrogen (secondary N) is 1. The van der Waals surface area contributed by atoms with Gasteiger partial charge in [0.2, 0.25) is 0 Å². The van der Waals surface area contributed by atoms with Crippen LogP contribution < -0.4 is 10.2 Å². The number of ether oxygens (including phenoxy) is 1. The van der Waals surface area contributed by atoms with E-state index in [9.17, 15) is 0 Å². The van der Waals surface area contributed by atoms with Crippen molar-refractivity contribution in [2.24, 2.45) is 0 Å². The summed E-state index contributed by atoms with van der Waals surface area (Å²) in [7, 11) is 1.75. The summed E-state index contributed by atoms with van der Waals surface area (Å²) in [6, 6.07) is 8.86. The zero-order chi connectivity index (χ0) is 10.7. The lowest BCUT2D eigenvalue weighted by Gasteiger charge is -2.36. The average Bonchev–Trinajstić information content (AvgIpc) is 2.28. The molecule has 0 spiro atoms. The van der Waals surface area contributed by atoms with Gasteiger partial charge in [0.15, 0.2) is 0 Å². The Bertz CT molecular complexity index is 333. The molecular formula is C12H19ClN2O. The molecule has 0 fully saturated rings. The highest BCUT2D eigenvalue weighted by Gasteiger charge is 2.20. The fourth-order valence-corrected chi connectivity index (χ4v) is 2.09. The van der Waals surface area contributed by atoms with E-state index in [2.05, 4.69) is 41.4 Å². The molecule has 1 heterocycles. The monoisotopic (exact) mass is 242 g/mol. The molecule has 0 aliphatic carbocycles. The number of rotatable bonds is 3. The number of methoxy groups -OCH3 is 1. The Labute approximate surface area is 103 Å². The van der Waals surface area contributed by atoms with E-state index in [0.29, 0.717) is 6.04 Å². The quantitative estimate of drug-likeness (QED) is 0.881.